The summed E-state index contributed by atoms with van der Waals surface area (Å²) in [6.07, 6.45) is 0.0644. The number of carbonyl (C=O) groups excluding carboxylic acids is 1. The average Bonchev–Trinajstić information content (AvgIpc) is 2.50. The summed E-state index contributed by atoms with van der Waals surface area (Å²) in [5.74, 6) is 1.20. The van der Waals surface area contributed by atoms with E-state index in [9.17, 15) is 4.79 Å². The first-order chi connectivity index (χ1) is 11.3. The molecule has 0 aliphatic heterocycles. The molecule has 128 valence electrons. The van der Waals surface area contributed by atoms with Gasteiger partial charge in [0.15, 0.2) is 0 Å². The fourth-order valence-corrected chi connectivity index (χ4v) is 3.04. The van der Waals surface area contributed by atoms with Crippen molar-refractivity contribution in [3.63, 3.8) is 0 Å². The molecule has 0 N–H and O–H groups in total. The Balaban J connectivity index is 2.17. The summed E-state index contributed by atoms with van der Waals surface area (Å²) in [5.41, 5.74) is 1.64. The van der Waals surface area contributed by atoms with Crippen LogP contribution in [0.15, 0.2) is 45.3 Å². The van der Waals surface area contributed by atoms with Crippen molar-refractivity contribution in [1.82, 2.24) is 0 Å². The maximum absolute atomic E-state index is 12.4. The number of rotatable bonds is 5. The van der Waals surface area contributed by atoms with Gasteiger partial charge in [-0.3, -0.25) is 0 Å². The van der Waals surface area contributed by atoms with E-state index in [1.807, 2.05) is 32.0 Å². The predicted molar refractivity (Wildman–Crippen MR) is 103 cm³/mol. The molecule has 0 radical (unpaired) electrons. The Morgan fingerprint density at radius 3 is 2.08 bits per heavy atom. The molecule has 0 saturated heterocycles. The van der Waals surface area contributed by atoms with E-state index >= 15 is 0 Å². The summed E-state index contributed by atoms with van der Waals surface area (Å²) in [7, 11) is 0. The van der Waals surface area contributed by atoms with Gasteiger partial charge in [-0.25, -0.2) is 4.79 Å². The van der Waals surface area contributed by atoms with Gasteiger partial charge in [-0.05, 0) is 87.5 Å². The number of hydrogen-bond donors (Lipinski definition) is 0. The van der Waals surface area contributed by atoms with Crippen LogP contribution in [0.3, 0.4) is 0 Å². The van der Waals surface area contributed by atoms with Crippen LogP contribution in [0.5, 0.6) is 11.5 Å². The Morgan fingerprint density at radius 1 is 0.917 bits per heavy atom. The minimum atomic E-state index is -0.412. The molecule has 0 unspecified atom stereocenters. The summed E-state index contributed by atoms with van der Waals surface area (Å²) in [6, 6.07) is 10.9. The molecule has 2 aromatic rings. The maximum Gasteiger partial charge on any atom is 0.343 e. The number of hydrogen-bond acceptors (Lipinski definition) is 3. The molecule has 0 fully saturated rings. The highest BCUT2D eigenvalue weighted by molar-refractivity contribution is 9.10. The lowest BCUT2D eigenvalue weighted by Crippen LogP contribution is -2.10. The van der Waals surface area contributed by atoms with Crippen LogP contribution in [0.4, 0.5) is 0 Å². The van der Waals surface area contributed by atoms with Crippen molar-refractivity contribution in [2.45, 2.75) is 39.7 Å². The summed E-state index contributed by atoms with van der Waals surface area (Å²) in [5, 5.41) is 0. The van der Waals surface area contributed by atoms with Crippen LogP contribution in [0, 0.1) is 0 Å². The van der Waals surface area contributed by atoms with Crippen molar-refractivity contribution in [2.24, 2.45) is 0 Å². The van der Waals surface area contributed by atoms with E-state index in [0.29, 0.717) is 23.0 Å². The minimum Gasteiger partial charge on any atom is -0.490 e. The molecule has 0 heterocycles. The van der Waals surface area contributed by atoms with Gasteiger partial charge < -0.3 is 9.47 Å². The zero-order chi connectivity index (χ0) is 17.9. The van der Waals surface area contributed by atoms with Crippen molar-refractivity contribution in [2.75, 3.05) is 0 Å². The van der Waals surface area contributed by atoms with Crippen LogP contribution in [-0.2, 0) is 0 Å². The zero-order valence-electron chi connectivity index (χ0n) is 14.1. The minimum absolute atomic E-state index is 0.0644. The van der Waals surface area contributed by atoms with E-state index in [2.05, 4.69) is 45.7 Å². The quantitative estimate of drug-likeness (QED) is 0.389. The largest absolute Gasteiger partial charge is 0.490 e. The Bertz CT molecular complexity index is 739. The first-order valence-electron chi connectivity index (χ1n) is 7.75. The van der Waals surface area contributed by atoms with Crippen molar-refractivity contribution in [3.05, 3.63) is 56.5 Å². The third-order valence-electron chi connectivity index (χ3n) is 3.36. The molecule has 24 heavy (non-hydrogen) atoms. The Labute approximate surface area is 159 Å². The second kappa shape index (κ2) is 8.17. The standard InChI is InChI=1S/C19H20Br2O3/c1-11(2)13-5-7-18(15(20)9-13)24-19(22)14-6-8-17(16(21)10-14)23-12(3)4/h5-12H,1-4H3. The van der Waals surface area contributed by atoms with Gasteiger partial charge in [-0.1, -0.05) is 19.9 Å². The van der Waals surface area contributed by atoms with Crippen LogP contribution in [-0.4, -0.2) is 12.1 Å². The topological polar surface area (TPSA) is 35.5 Å². The van der Waals surface area contributed by atoms with E-state index in [1.54, 1.807) is 18.2 Å². The molecule has 2 rings (SSSR count). The highest BCUT2D eigenvalue weighted by Crippen LogP contribution is 2.31. The second-order valence-electron chi connectivity index (χ2n) is 6.05. The molecule has 0 aliphatic rings. The normalized spacial score (nSPS) is 11.0. The first-order valence-corrected chi connectivity index (χ1v) is 9.34. The number of halogens is 2. The summed E-state index contributed by atoms with van der Waals surface area (Å²) < 4.78 is 12.6. The lowest BCUT2D eigenvalue weighted by atomic mass is 10.0. The zero-order valence-corrected chi connectivity index (χ0v) is 17.3. The number of benzene rings is 2. The number of carbonyl (C=O) groups is 1. The fourth-order valence-electron chi connectivity index (χ4n) is 2.10. The fraction of sp³-hybridized carbons (Fsp3) is 0.316. The highest BCUT2D eigenvalue weighted by Gasteiger charge is 2.14. The molecule has 0 aliphatic carbocycles. The van der Waals surface area contributed by atoms with E-state index in [-0.39, 0.29) is 6.10 Å². The van der Waals surface area contributed by atoms with Crippen molar-refractivity contribution in [3.8, 4) is 11.5 Å². The highest BCUT2D eigenvalue weighted by atomic mass is 79.9. The van der Waals surface area contributed by atoms with Crippen LogP contribution in [0.2, 0.25) is 0 Å². The van der Waals surface area contributed by atoms with Gasteiger partial charge in [0.1, 0.15) is 11.5 Å². The lowest BCUT2D eigenvalue weighted by molar-refractivity contribution is 0.0733. The van der Waals surface area contributed by atoms with Gasteiger partial charge in [0.05, 0.1) is 20.6 Å². The van der Waals surface area contributed by atoms with Crippen LogP contribution in [0.25, 0.3) is 0 Å². The Morgan fingerprint density at radius 2 is 1.54 bits per heavy atom. The maximum atomic E-state index is 12.4. The van der Waals surface area contributed by atoms with Crippen molar-refractivity contribution in [1.29, 1.82) is 0 Å². The Kier molecular flexibility index (Phi) is 6.47. The van der Waals surface area contributed by atoms with Crippen LogP contribution >= 0.6 is 31.9 Å². The van der Waals surface area contributed by atoms with E-state index in [1.165, 1.54) is 5.56 Å². The predicted octanol–water partition coefficient (Wildman–Crippen LogP) is 6.34. The monoisotopic (exact) mass is 454 g/mol. The summed E-state index contributed by atoms with van der Waals surface area (Å²) >= 11 is 6.89. The molecule has 3 nitrogen and oxygen atoms in total. The molecule has 5 heteroatoms. The number of ether oxygens (including phenoxy) is 2. The third kappa shape index (κ3) is 4.84. The number of esters is 1. The SMILES string of the molecule is CC(C)Oc1ccc(C(=O)Oc2ccc(C(C)C)cc2Br)cc1Br. The van der Waals surface area contributed by atoms with E-state index in [4.69, 9.17) is 9.47 Å². The van der Waals surface area contributed by atoms with Gasteiger partial charge in [0.25, 0.3) is 0 Å². The lowest BCUT2D eigenvalue weighted by Gasteiger charge is -2.13. The molecular weight excluding hydrogens is 436 g/mol. The molecule has 0 saturated carbocycles. The van der Waals surface area contributed by atoms with Gasteiger partial charge in [0.2, 0.25) is 0 Å². The molecule has 0 spiro atoms. The Hall–Kier alpha value is -1.33. The van der Waals surface area contributed by atoms with Crippen molar-refractivity contribution >= 4 is 37.8 Å². The molecular formula is C19H20Br2O3. The van der Waals surface area contributed by atoms with Crippen LogP contribution < -0.4 is 9.47 Å². The molecule has 0 bridgehead atoms. The third-order valence-corrected chi connectivity index (χ3v) is 4.59. The smallest absolute Gasteiger partial charge is 0.343 e. The van der Waals surface area contributed by atoms with Crippen molar-refractivity contribution < 1.29 is 14.3 Å². The molecule has 0 aromatic heterocycles. The van der Waals surface area contributed by atoms with E-state index in [0.717, 1.165) is 8.95 Å². The second-order valence-corrected chi connectivity index (χ2v) is 7.75. The molecule has 0 amide bonds. The van der Waals surface area contributed by atoms with Crippen LogP contribution in [0.1, 0.15) is 49.5 Å². The van der Waals surface area contributed by atoms with Gasteiger partial charge in [-0.2, -0.15) is 0 Å². The summed E-state index contributed by atoms with van der Waals surface area (Å²) in [4.78, 5) is 12.4. The molecule has 2 aromatic carbocycles. The first kappa shape index (κ1) is 19.0. The molecule has 0 atom stereocenters. The van der Waals surface area contributed by atoms with E-state index < -0.39 is 5.97 Å². The van der Waals surface area contributed by atoms with Gasteiger partial charge in [-0.15, -0.1) is 0 Å². The summed E-state index contributed by atoms with van der Waals surface area (Å²) in [6.45, 7) is 8.14. The van der Waals surface area contributed by atoms with Gasteiger partial charge in [0, 0.05) is 0 Å². The average molecular weight is 456 g/mol. The van der Waals surface area contributed by atoms with Gasteiger partial charge >= 0.3 is 5.97 Å².